The molecule has 1 heterocycles. The highest BCUT2D eigenvalue weighted by atomic mass is 32.2. The standard InChI is InChI=1S/C13H13FN2S/c1-9(15)10-5-6-12(11(14)8-10)17-13-4-2-3-7-16-13/h2-9H,15H2,1H3. The second-order valence-electron chi connectivity index (χ2n) is 3.75. The van der Waals surface area contributed by atoms with Crippen LogP contribution in [0.15, 0.2) is 52.5 Å². The number of benzene rings is 1. The quantitative estimate of drug-likeness (QED) is 0.905. The van der Waals surface area contributed by atoms with Gasteiger partial charge in [0, 0.05) is 17.1 Å². The molecule has 2 N–H and O–H groups in total. The van der Waals surface area contributed by atoms with E-state index in [4.69, 9.17) is 5.73 Å². The normalized spacial score (nSPS) is 12.4. The van der Waals surface area contributed by atoms with Crippen molar-refractivity contribution in [3.8, 4) is 0 Å². The van der Waals surface area contributed by atoms with Gasteiger partial charge in [0.05, 0.1) is 0 Å². The van der Waals surface area contributed by atoms with E-state index in [-0.39, 0.29) is 11.9 Å². The molecule has 0 fully saturated rings. The zero-order chi connectivity index (χ0) is 12.3. The van der Waals surface area contributed by atoms with Gasteiger partial charge in [-0.25, -0.2) is 9.37 Å². The van der Waals surface area contributed by atoms with Crippen LogP contribution in [0.2, 0.25) is 0 Å². The molecule has 1 aromatic heterocycles. The van der Waals surface area contributed by atoms with Gasteiger partial charge in [0.1, 0.15) is 10.8 Å². The number of aromatic nitrogens is 1. The summed E-state index contributed by atoms with van der Waals surface area (Å²) in [7, 11) is 0. The lowest BCUT2D eigenvalue weighted by Gasteiger charge is -2.08. The summed E-state index contributed by atoms with van der Waals surface area (Å²) >= 11 is 1.31. The van der Waals surface area contributed by atoms with Crippen molar-refractivity contribution in [2.45, 2.75) is 22.9 Å². The molecule has 0 aliphatic carbocycles. The Morgan fingerprint density at radius 2 is 2.12 bits per heavy atom. The second-order valence-corrected chi connectivity index (χ2v) is 4.81. The minimum atomic E-state index is -0.254. The van der Waals surface area contributed by atoms with Crippen LogP contribution < -0.4 is 5.73 Å². The number of rotatable bonds is 3. The van der Waals surface area contributed by atoms with Crippen molar-refractivity contribution < 1.29 is 4.39 Å². The minimum Gasteiger partial charge on any atom is -0.324 e. The van der Waals surface area contributed by atoms with Crippen LogP contribution in [0.3, 0.4) is 0 Å². The summed E-state index contributed by atoms with van der Waals surface area (Å²) in [6.45, 7) is 1.83. The average molecular weight is 248 g/mol. The Bertz CT molecular complexity index is 500. The predicted octanol–water partition coefficient (Wildman–Crippen LogP) is 3.39. The highest BCUT2D eigenvalue weighted by Gasteiger charge is 2.08. The number of nitrogens with zero attached hydrogens (tertiary/aromatic N) is 1. The van der Waals surface area contributed by atoms with Crippen molar-refractivity contribution in [2.24, 2.45) is 5.73 Å². The number of halogens is 1. The molecule has 88 valence electrons. The molecule has 4 heteroatoms. The summed E-state index contributed by atoms with van der Waals surface area (Å²) in [5, 5.41) is 0.778. The van der Waals surface area contributed by atoms with Gasteiger partial charge in [-0.2, -0.15) is 0 Å². The lowest BCUT2D eigenvalue weighted by molar-refractivity contribution is 0.596. The van der Waals surface area contributed by atoms with Gasteiger partial charge in [0.15, 0.2) is 0 Å². The first-order valence-corrected chi connectivity index (χ1v) is 6.12. The Hall–Kier alpha value is -1.39. The summed E-state index contributed by atoms with van der Waals surface area (Å²) in [6.07, 6.45) is 1.69. The molecule has 0 spiro atoms. The van der Waals surface area contributed by atoms with Crippen molar-refractivity contribution in [1.82, 2.24) is 4.98 Å². The number of hydrogen-bond acceptors (Lipinski definition) is 3. The summed E-state index contributed by atoms with van der Waals surface area (Å²) in [6, 6.07) is 10.5. The molecule has 2 rings (SSSR count). The van der Waals surface area contributed by atoms with Crippen LogP contribution >= 0.6 is 11.8 Å². The Kier molecular flexibility index (Phi) is 3.76. The van der Waals surface area contributed by atoms with Crippen molar-refractivity contribution in [1.29, 1.82) is 0 Å². The van der Waals surface area contributed by atoms with E-state index in [1.165, 1.54) is 17.8 Å². The van der Waals surface area contributed by atoms with Crippen LogP contribution in [-0.4, -0.2) is 4.98 Å². The molecule has 1 aromatic carbocycles. The molecule has 0 bridgehead atoms. The largest absolute Gasteiger partial charge is 0.324 e. The molecule has 0 aliphatic rings. The fraction of sp³-hybridized carbons (Fsp3) is 0.154. The fourth-order valence-corrected chi connectivity index (χ4v) is 2.18. The van der Waals surface area contributed by atoms with Gasteiger partial charge in [0.25, 0.3) is 0 Å². The fourth-order valence-electron chi connectivity index (χ4n) is 1.40. The van der Waals surface area contributed by atoms with Crippen LogP contribution in [0.4, 0.5) is 4.39 Å². The van der Waals surface area contributed by atoms with Gasteiger partial charge in [0.2, 0.25) is 0 Å². The molecule has 0 aliphatic heterocycles. The average Bonchev–Trinajstić information content (AvgIpc) is 2.33. The van der Waals surface area contributed by atoms with Crippen LogP contribution in [0, 0.1) is 5.82 Å². The third kappa shape index (κ3) is 3.05. The van der Waals surface area contributed by atoms with Gasteiger partial charge >= 0.3 is 0 Å². The summed E-state index contributed by atoms with van der Waals surface area (Å²) < 4.78 is 13.8. The van der Waals surface area contributed by atoms with Gasteiger partial charge in [-0.3, -0.25) is 0 Å². The Balaban J connectivity index is 2.23. The topological polar surface area (TPSA) is 38.9 Å². The first kappa shape index (κ1) is 12.1. The van der Waals surface area contributed by atoms with E-state index in [2.05, 4.69) is 4.98 Å². The molecule has 17 heavy (non-hydrogen) atoms. The van der Waals surface area contributed by atoms with Crippen molar-refractivity contribution >= 4 is 11.8 Å². The minimum absolute atomic E-state index is 0.154. The van der Waals surface area contributed by atoms with E-state index < -0.39 is 0 Å². The zero-order valence-corrected chi connectivity index (χ0v) is 10.2. The highest BCUT2D eigenvalue weighted by Crippen LogP contribution is 2.29. The van der Waals surface area contributed by atoms with Crippen molar-refractivity contribution in [2.75, 3.05) is 0 Å². The SMILES string of the molecule is CC(N)c1ccc(Sc2ccccn2)c(F)c1. The lowest BCUT2D eigenvalue weighted by Crippen LogP contribution is -2.05. The predicted molar refractivity (Wildman–Crippen MR) is 67.4 cm³/mol. The van der Waals surface area contributed by atoms with Crippen LogP contribution in [-0.2, 0) is 0 Å². The number of nitrogens with two attached hydrogens (primary N) is 1. The lowest BCUT2D eigenvalue weighted by atomic mass is 10.1. The molecule has 2 aromatic rings. The Morgan fingerprint density at radius 1 is 1.29 bits per heavy atom. The molecule has 1 unspecified atom stereocenters. The Labute approximate surface area is 104 Å². The molecular weight excluding hydrogens is 235 g/mol. The summed E-state index contributed by atoms with van der Waals surface area (Å²) in [5.41, 5.74) is 6.50. The highest BCUT2D eigenvalue weighted by molar-refractivity contribution is 7.99. The molecule has 0 saturated carbocycles. The maximum atomic E-state index is 13.8. The van der Waals surface area contributed by atoms with Crippen molar-refractivity contribution in [3.05, 3.63) is 54.0 Å². The second kappa shape index (κ2) is 5.29. The van der Waals surface area contributed by atoms with E-state index in [1.54, 1.807) is 12.3 Å². The molecule has 0 radical (unpaired) electrons. The molecule has 0 amide bonds. The number of hydrogen-bond donors (Lipinski definition) is 1. The first-order chi connectivity index (χ1) is 8.16. The summed E-state index contributed by atoms with van der Waals surface area (Å²) in [5.74, 6) is -0.254. The van der Waals surface area contributed by atoms with E-state index in [1.807, 2.05) is 31.2 Å². The number of pyridine rings is 1. The van der Waals surface area contributed by atoms with Crippen molar-refractivity contribution in [3.63, 3.8) is 0 Å². The monoisotopic (exact) mass is 248 g/mol. The maximum Gasteiger partial charge on any atom is 0.137 e. The van der Waals surface area contributed by atoms with Gasteiger partial charge in [-0.1, -0.05) is 23.9 Å². The summed E-state index contributed by atoms with van der Waals surface area (Å²) in [4.78, 5) is 4.71. The van der Waals surface area contributed by atoms with Gasteiger partial charge in [-0.05, 0) is 36.8 Å². The first-order valence-electron chi connectivity index (χ1n) is 5.31. The third-order valence-electron chi connectivity index (χ3n) is 2.33. The van der Waals surface area contributed by atoms with Crippen LogP contribution in [0.25, 0.3) is 0 Å². The van der Waals surface area contributed by atoms with E-state index in [9.17, 15) is 4.39 Å². The van der Waals surface area contributed by atoms with E-state index >= 15 is 0 Å². The van der Waals surface area contributed by atoms with E-state index in [0.29, 0.717) is 4.90 Å². The zero-order valence-electron chi connectivity index (χ0n) is 9.43. The van der Waals surface area contributed by atoms with E-state index in [0.717, 1.165) is 10.6 Å². The third-order valence-corrected chi connectivity index (χ3v) is 3.34. The van der Waals surface area contributed by atoms with Crippen LogP contribution in [0.5, 0.6) is 0 Å². The maximum absolute atomic E-state index is 13.8. The van der Waals surface area contributed by atoms with Gasteiger partial charge < -0.3 is 5.73 Å². The van der Waals surface area contributed by atoms with Gasteiger partial charge in [-0.15, -0.1) is 0 Å². The molecule has 0 saturated heterocycles. The molecule has 2 nitrogen and oxygen atoms in total. The smallest absolute Gasteiger partial charge is 0.137 e. The molecular formula is C13H13FN2S. The Morgan fingerprint density at radius 3 is 2.71 bits per heavy atom. The molecule has 1 atom stereocenters. The van der Waals surface area contributed by atoms with Crippen LogP contribution in [0.1, 0.15) is 18.5 Å².